The van der Waals surface area contributed by atoms with E-state index in [1.54, 1.807) is 11.8 Å². The molecule has 2 aromatic carbocycles. The predicted molar refractivity (Wildman–Crippen MR) is 77.6 cm³/mol. The topological polar surface area (TPSA) is 26.0 Å². The van der Waals surface area contributed by atoms with Crippen molar-refractivity contribution in [3.05, 3.63) is 57.5 Å². The van der Waals surface area contributed by atoms with Gasteiger partial charge in [0.05, 0.1) is 5.02 Å². The Kier molecular flexibility index (Phi) is 4.51. The first-order valence-corrected chi connectivity index (χ1v) is 7.10. The lowest BCUT2D eigenvalue weighted by Gasteiger charge is -2.07. The summed E-state index contributed by atoms with van der Waals surface area (Å²) in [6.07, 6.45) is 0. The summed E-state index contributed by atoms with van der Waals surface area (Å²) in [7, 11) is 0. The number of nitrogens with two attached hydrogens (primary N) is 1. The van der Waals surface area contributed by atoms with Gasteiger partial charge in [0.2, 0.25) is 0 Å². The molecule has 0 saturated heterocycles. The average molecular weight is 329 g/mol. The first kappa shape index (κ1) is 13.0. The van der Waals surface area contributed by atoms with Crippen LogP contribution in [0.1, 0.15) is 5.56 Å². The summed E-state index contributed by atoms with van der Waals surface area (Å²) in [4.78, 5) is 2.19. The molecule has 4 heteroatoms. The van der Waals surface area contributed by atoms with Crippen molar-refractivity contribution in [2.45, 2.75) is 16.3 Å². The Bertz CT molecular complexity index is 531. The van der Waals surface area contributed by atoms with Crippen molar-refractivity contribution < 1.29 is 0 Å². The maximum atomic E-state index is 6.13. The molecule has 2 aromatic rings. The van der Waals surface area contributed by atoms with Crippen molar-refractivity contribution in [1.82, 2.24) is 0 Å². The van der Waals surface area contributed by atoms with Crippen LogP contribution in [0.15, 0.2) is 56.7 Å². The molecule has 0 heterocycles. The number of halogens is 2. The summed E-state index contributed by atoms with van der Waals surface area (Å²) >= 11 is 11.3. The lowest BCUT2D eigenvalue weighted by atomic mass is 10.2. The third kappa shape index (κ3) is 3.26. The highest BCUT2D eigenvalue weighted by Gasteiger charge is 2.05. The Labute approximate surface area is 118 Å². The van der Waals surface area contributed by atoms with Gasteiger partial charge in [0.1, 0.15) is 0 Å². The van der Waals surface area contributed by atoms with Crippen LogP contribution in [-0.2, 0) is 6.54 Å². The fourth-order valence-electron chi connectivity index (χ4n) is 1.40. The van der Waals surface area contributed by atoms with Gasteiger partial charge in [-0.1, -0.05) is 41.6 Å². The van der Waals surface area contributed by atoms with Gasteiger partial charge in [0.15, 0.2) is 0 Å². The summed E-state index contributed by atoms with van der Waals surface area (Å²) in [5.74, 6) is 0. The monoisotopic (exact) mass is 327 g/mol. The van der Waals surface area contributed by atoms with Crippen LogP contribution in [0.25, 0.3) is 0 Å². The SMILES string of the molecule is NCc1ccc(Sc2ccccc2Cl)c(Br)c1. The predicted octanol–water partition coefficient (Wildman–Crippen LogP) is 4.71. The zero-order valence-corrected chi connectivity index (χ0v) is 12.1. The Hall–Kier alpha value is -0.480. The summed E-state index contributed by atoms with van der Waals surface area (Å²) in [5, 5.41) is 0.771. The number of rotatable bonds is 3. The van der Waals surface area contributed by atoms with Crippen LogP contribution in [0.2, 0.25) is 5.02 Å². The highest BCUT2D eigenvalue weighted by atomic mass is 79.9. The van der Waals surface area contributed by atoms with Crippen molar-refractivity contribution in [2.24, 2.45) is 5.73 Å². The molecule has 88 valence electrons. The van der Waals surface area contributed by atoms with Crippen LogP contribution in [0, 0.1) is 0 Å². The lowest BCUT2D eigenvalue weighted by Crippen LogP contribution is -1.95. The molecule has 0 aliphatic carbocycles. The highest BCUT2D eigenvalue weighted by molar-refractivity contribution is 9.10. The van der Waals surface area contributed by atoms with Crippen LogP contribution in [0.5, 0.6) is 0 Å². The Morgan fingerprint density at radius 3 is 2.53 bits per heavy atom. The molecule has 2 rings (SSSR count). The molecule has 0 aliphatic heterocycles. The Morgan fingerprint density at radius 1 is 1.12 bits per heavy atom. The van der Waals surface area contributed by atoms with E-state index in [1.165, 1.54) is 0 Å². The van der Waals surface area contributed by atoms with E-state index in [0.29, 0.717) is 6.54 Å². The highest BCUT2D eigenvalue weighted by Crippen LogP contribution is 2.37. The van der Waals surface area contributed by atoms with Crippen LogP contribution < -0.4 is 5.73 Å². The van der Waals surface area contributed by atoms with Gasteiger partial charge >= 0.3 is 0 Å². The fraction of sp³-hybridized carbons (Fsp3) is 0.0769. The van der Waals surface area contributed by atoms with Crippen molar-refractivity contribution in [2.75, 3.05) is 0 Å². The van der Waals surface area contributed by atoms with Crippen molar-refractivity contribution >= 4 is 39.3 Å². The average Bonchev–Trinajstić information content (AvgIpc) is 2.34. The second kappa shape index (κ2) is 5.91. The van der Waals surface area contributed by atoms with Gasteiger partial charge in [-0.3, -0.25) is 0 Å². The minimum absolute atomic E-state index is 0.551. The van der Waals surface area contributed by atoms with Gasteiger partial charge in [-0.2, -0.15) is 0 Å². The molecule has 0 spiro atoms. The van der Waals surface area contributed by atoms with Crippen LogP contribution in [0.4, 0.5) is 0 Å². The molecule has 2 N–H and O–H groups in total. The van der Waals surface area contributed by atoms with E-state index in [0.717, 1.165) is 24.8 Å². The standard InChI is InChI=1S/C13H11BrClNS/c14-10-7-9(8-16)5-6-12(10)17-13-4-2-1-3-11(13)15/h1-7H,8,16H2. The lowest BCUT2D eigenvalue weighted by molar-refractivity contribution is 1.06. The minimum atomic E-state index is 0.551. The first-order valence-electron chi connectivity index (χ1n) is 5.11. The smallest absolute Gasteiger partial charge is 0.0545 e. The van der Waals surface area contributed by atoms with Crippen molar-refractivity contribution in [1.29, 1.82) is 0 Å². The van der Waals surface area contributed by atoms with E-state index in [1.807, 2.05) is 36.4 Å². The molecule has 0 bridgehead atoms. The van der Waals surface area contributed by atoms with Crippen LogP contribution in [-0.4, -0.2) is 0 Å². The number of hydrogen-bond donors (Lipinski definition) is 1. The molecule has 0 atom stereocenters. The first-order chi connectivity index (χ1) is 8.20. The Balaban J connectivity index is 2.28. The molecule has 1 nitrogen and oxygen atoms in total. The van der Waals surface area contributed by atoms with Gasteiger partial charge in [-0.05, 0) is 45.8 Å². The summed E-state index contributed by atoms with van der Waals surface area (Å²) in [6, 6.07) is 13.9. The van der Waals surface area contributed by atoms with Gasteiger partial charge < -0.3 is 5.73 Å². The quantitative estimate of drug-likeness (QED) is 0.883. The third-order valence-corrected chi connectivity index (χ3v) is 4.80. The molecule has 0 fully saturated rings. The Morgan fingerprint density at radius 2 is 1.88 bits per heavy atom. The molecule has 0 saturated carbocycles. The van der Waals surface area contributed by atoms with Gasteiger partial charge in [0.25, 0.3) is 0 Å². The second-order valence-corrected chi connectivity index (χ2v) is 5.85. The zero-order valence-electron chi connectivity index (χ0n) is 8.99. The summed E-state index contributed by atoms with van der Waals surface area (Å²) in [5.41, 5.74) is 6.71. The summed E-state index contributed by atoms with van der Waals surface area (Å²) < 4.78 is 1.05. The molecule has 0 aliphatic rings. The maximum absolute atomic E-state index is 6.13. The molecule has 0 amide bonds. The molecule has 17 heavy (non-hydrogen) atoms. The van der Waals surface area contributed by atoms with Gasteiger partial charge in [0, 0.05) is 20.8 Å². The molecular weight excluding hydrogens is 318 g/mol. The largest absolute Gasteiger partial charge is 0.326 e. The van der Waals surface area contributed by atoms with Crippen molar-refractivity contribution in [3.8, 4) is 0 Å². The number of benzene rings is 2. The van der Waals surface area contributed by atoms with Crippen LogP contribution >= 0.6 is 39.3 Å². The van der Waals surface area contributed by atoms with E-state index in [9.17, 15) is 0 Å². The van der Waals surface area contributed by atoms with E-state index in [2.05, 4.69) is 22.0 Å². The van der Waals surface area contributed by atoms with Gasteiger partial charge in [-0.25, -0.2) is 0 Å². The molecule has 0 aromatic heterocycles. The van der Waals surface area contributed by atoms with E-state index in [-0.39, 0.29) is 0 Å². The molecular formula is C13H11BrClNS. The van der Waals surface area contributed by atoms with E-state index >= 15 is 0 Å². The van der Waals surface area contributed by atoms with Crippen LogP contribution in [0.3, 0.4) is 0 Å². The minimum Gasteiger partial charge on any atom is -0.326 e. The van der Waals surface area contributed by atoms with E-state index < -0.39 is 0 Å². The molecule has 0 unspecified atom stereocenters. The molecule has 0 radical (unpaired) electrons. The van der Waals surface area contributed by atoms with E-state index in [4.69, 9.17) is 17.3 Å². The maximum Gasteiger partial charge on any atom is 0.0545 e. The fourth-order valence-corrected chi connectivity index (χ4v) is 3.16. The third-order valence-electron chi connectivity index (χ3n) is 2.29. The second-order valence-electron chi connectivity index (χ2n) is 3.50. The number of hydrogen-bond acceptors (Lipinski definition) is 2. The normalized spacial score (nSPS) is 10.5. The zero-order chi connectivity index (χ0) is 12.3. The van der Waals surface area contributed by atoms with Crippen molar-refractivity contribution in [3.63, 3.8) is 0 Å². The van der Waals surface area contributed by atoms with Gasteiger partial charge in [-0.15, -0.1) is 0 Å². The summed E-state index contributed by atoms with van der Waals surface area (Å²) in [6.45, 7) is 0.551.